The van der Waals surface area contributed by atoms with Crippen LogP contribution in [-0.4, -0.2) is 37.2 Å². The van der Waals surface area contributed by atoms with Gasteiger partial charge in [-0.15, -0.1) is 0 Å². The van der Waals surface area contributed by atoms with Crippen LogP contribution >= 0.6 is 0 Å². The Balaban J connectivity index is 4.27. The lowest BCUT2D eigenvalue weighted by atomic mass is 10.0. The van der Waals surface area contributed by atoms with Crippen LogP contribution in [0.15, 0.2) is 60.8 Å². The molecule has 0 aromatic heterocycles. The standard InChI is InChI=1S/C77H140O6/c1-4-7-10-13-16-19-22-25-28-30-32-34-35-36-37-38-39-40-41-43-44-46-49-52-55-58-61-64-67-70-76(79)82-73-74(72-81-75(78)69-66-63-60-57-54-51-48-27-24-21-18-15-12-9-6-3)83-77(80)71-68-65-62-59-56-53-50-47-45-42-33-31-29-26-23-20-17-14-11-8-5-2/h23,26-27,30-33,45,47-48,74H,4-22,24-25,28-29,34-44,46,49-73H2,1-3H3/b26-23-,32-30-,33-31-,47-45-,48-27-. The smallest absolute Gasteiger partial charge is 0.306 e. The second-order valence-electron chi connectivity index (χ2n) is 24.8. The molecule has 83 heavy (non-hydrogen) atoms. The van der Waals surface area contributed by atoms with Gasteiger partial charge in [-0.1, -0.05) is 326 Å². The van der Waals surface area contributed by atoms with E-state index < -0.39 is 6.10 Å². The molecule has 0 radical (unpaired) electrons. The molecule has 0 saturated heterocycles. The average Bonchev–Trinajstić information content (AvgIpc) is 3.49. The Morgan fingerprint density at radius 3 is 0.687 bits per heavy atom. The number of allylic oxidation sites excluding steroid dienone is 10. The fraction of sp³-hybridized carbons (Fsp3) is 0.831. The number of carbonyl (C=O) groups excluding carboxylic acids is 3. The Morgan fingerprint density at radius 1 is 0.241 bits per heavy atom. The number of hydrogen-bond donors (Lipinski definition) is 0. The second kappa shape index (κ2) is 71.6. The van der Waals surface area contributed by atoms with Crippen molar-refractivity contribution >= 4 is 17.9 Å². The zero-order chi connectivity index (χ0) is 59.9. The number of carbonyl (C=O) groups is 3. The average molecular weight is 1160 g/mol. The molecule has 484 valence electrons. The second-order valence-corrected chi connectivity index (χ2v) is 24.8. The van der Waals surface area contributed by atoms with Crippen LogP contribution in [0.4, 0.5) is 0 Å². The van der Waals surface area contributed by atoms with Gasteiger partial charge >= 0.3 is 17.9 Å². The lowest BCUT2D eigenvalue weighted by Crippen LogP contribution is -2.30. The number of rotatable bonds is 68. The van der Waals surface area contributed by atoms with Crippen LogP contribution in [0, 0.1) is 0 Å². The van der Waals surface area contributed by atoms with Crippen molar-refractivity contribution < 1.29 is 28.6 Å². The summed E-state index contributed by atoms with van der Waals surface area (Å²) < 4.78 is 17.0. The molecular formula is C77H140O6. The highest BCUT2D eigenvalue weighted by Crippen LogP contribution is 2.18. The summed E-state index contributed by atoms with van der Waals surface area (Å²) in [6, 6.07) is 0. The molecule has 0 heterocycles. The summed E-state index contributed by atoms with van der Waals surface area (Å²) in [5.74, 6) is -0.877. The van der Waals surface area contributed by atoms with Gasteiger partial charge in [-0.2, -0.15) is 0 Å². The van der Waals surface area contributed by atoms with E-state index in [-0.39, 0.29) is 31.1 Å². The van der Waals surface area contributed by atoms with Crippen molar-refractivity contribution in [3.63, 3.8) is 0 Å². The summed E-state index contributed by atoms with van der Waals surface area (Å²) in [5.41, 5.74) is 0. The number of esters is 3. The number of hydrogen-bond acceptors (Lipinski definition) is 6. The normalized spacial score (nSPS) is 12.4. The van der Waals surface area contributed by atoms with E-state index in [1.807, 2.05) is 0 Å². The monoisotopic (exact) mass is 1160 g/mol. The molecule has 0 spiro atoms. The lowest BCUT2D eigenvalue weighted by molar-refractivity contribution is -0.167. The first-order valence-electron chi connectivity index (χ1n) is 36.8. The number of unbranched alkanes of at least 4 members (excludes halogenated alkanes) is 47. The van der Waals surface area contributed by atoms with Gasteiger partial charge in [-0.05, 0) is 109 Å². The van der Waals surface area contributed by atoms with E-state index in [1.54, 1.807) is 0 Å². The highest BCUT2D eigenvalue weighted by atomic mass is 16.6. The molecule has 0 N–H and O–H groups in total. The third-order valence-corrected chi connectivity index (χ3v) is 16.5. The Hall–Kier alpha value is -2.89. The minimum Gasteiger partial charge on any atom is -0.462 e. The predicted octanol–water partition coefficient (Wildman–Crippen LogP) is 25.5. The zero-order valence-electron chi connectivity index (χ0n) is 55.7. The first-order valence-corrected chi connectivity index (χ1v) is 36.8. The topological polar surface area (TPSA) is 78.9 Å². The molecule has 1 unspecified atom stereocenters. The molecular weight excluding hydrogens is 1020 g/mol. The van der Waals surface area contributed by atoms with Crippen LogP contribution in [-0.2, 0) is 28.6 Å². The maximum Gasteiger partial charge on any atom is 0.306 e. The van der Waals surface area contributed by atoms with Gasteiger partial charge in [0.15, 0.2) is 6.10 Å². The van der Waals surface area contributed by atoms with Gasteiger partial charge < -0.3 is 14.2 Å². The molecule has 0 amide bonds. The summed E-state index contributed by atoms with van der Waals surface area (Å²) in [7, 11) is 0. The number of ether oxygens (including phenoxy) is 3. The van der Waals surface area contributed by atoms with Gasteiger partial charge in [-0.25, -0.2) is 0 Å². The summed E-state index contributed by atoms with van der Waals surface area (Å²) in [6.07, 6.45) is 92.6. The van der Waals surface area contributed by atoms with Gasteiger partial charge in [0, 0.05) is 19.3 Å². The molecule has 0 fully saturated rings. The van der Waals surface area contributed by atoms with E-state index in [9.17, 15) is 14.4 Å². The van der Waals surface area contributed by atoms with Crippen molar-refractivity contribution in [1.29, 1.82) is 0 Å². The fourth-order valence-corrected chi connectivity index (χ4v) is 10.9. The summed E-state index contributed by atoms with van der Waals surface area (Å²) in [5, 5.41) is 0. The van der Waals surface area contributed by atoms with Crippen LogP contribution in [0.2, 0.25) is 0 Å². The van der Waals surface area contributed by atoms with Crippen LogP contribution in [0.5, 0.6) is 0 Å². The molecule has 0 rings (SSSR count). The van der Waals surface area contributed by atoms with Crippen molar-refractivity contribution in [3.05, 3.63) is 60.8 Å². The van der Waals surface area contributed by atoms with Crippen LogP contribution in [0.1, 0.15) is 393 Å². The molecule has 6 heteroatoms. The van der Waals surface area contributed by atoms with Crippen LogP contribution in [0.3, 0.4) is 0 Å². The molecule has 0 aliphatic carbocycles. The SMILES string of the molecule is CCCCCCC/C=C\C/C=C\C/C=C\CCCCCCCCC(=O)OC(COC(=O)CCCCCCC/C=C\CCCCCCCC)COC(=O)CCCCCCCCCCCCCCCCCCC/C=C\CCCCCCCCCC. The minimum absolute atomic E-state index is 0.0790. The maximum absolute atomic E-state index is 13.0. The highest BCUT2D eigenvalue weighted by molar-refractivity contribution is 5.71. The first kappa shape index (κ1) is 80.1. The quantitative estimate of drug-likeness (QED) is 0.0261. The largest absolute Gasteiger partial charge is 0.462 e. The fourth-order valence-electron chi connectivity index (χ4n) is 10.9. The molecule has 0 aromatic rings. The predicted molar refractivity (Wildman–Crippen MR) is 362 cm³/mol. The molecule has 0 aliphatic rings. The van der Waals surface area contributed by atoms with Crippen molar-refractivity contribution in [3.8, 4) is 0 Å². The lowest BCUT2D eigenvalue weighted by Gasteiger charge is -2.18. The van der Waals surface area contributed by atoms with Gasteiger partial charge in [0.2, 0.25) is 0 Å². The minimum atomic E-state index is -0.786. The third kappa shape index (κ3) is 69.8. The first-order chi connectivity index (χ1) is 41.0. The van der Waals surface area contributed by atoms with Crippen molar-refractivity contribution in [1.82, 2.24) is 0 Å². The molecule has 1 atom stereocenters. The third-order valence-electron chi connectivity index (χ3n) is 16.5. The highest BCUT2D eigenvalue weighted by Gasteiger charge is 2.19. The van der Waals surface area contributed by atoms with Gasteiger partial charge in [-0.3, -0.25) is 14.4 Å². The molecule has 0 aliphatic heterocycles. The molecule has 0 bridgehead atoms. The van der Waals surface area contributed by atoms with Gasteiger partial charge in [0.1, 0.15) is 13.2 Å². The Bertz CT molecular complexity index is 1470. The molecule has 0 aromatic carbocycles. The van der Waals surface area contributed by atoms with E-state index in [1.165, 1.54) is 263 Å². The summed E-state index contributed by atoms with van der Waals surface area (Å²) >= 11 is 0. The summed E-state index contributed by atoms with van der Waals surface area (Å²) in [6.45, 7) is 6.67. The Kier molecular flexibility index (Phi) is 69.1. The maximum atomic E-state index is 13.0. The van der Waals surface area contributed by atoms with Crippen LogP contribution < -0.4 is 0 Å². The van der Waals surface area contributed by atoms with Gasteiger partial charge in [0.05, 0.1) is 0 Å². The Labute approximate surface area is 517 Å². The van der Waals surface area contributed by atoms with Crippen molar-refractivity contribution in [2.24, 2.45) is 0 Å². The van der Waals surface area contributed by atoms with Crippen LogP contribution in [0.25, 0.3) is 0 Å². The zero-order valence-corrected chi connectivity index (χ0v) is 55.7. The van der Waals surface area contributed by atoms with E-state index >= 15 is 0 Å². The van der Waals surface area contributed by atoms with E-state index in [0.29, 0.717) is 19.3 Å². The van der Waals surface area contributed by atoms with Crippen molar-refractivity contribution in [2.45, 2.75) is 399 Å². The van der Waals surface area contributed by atoms with E-state index in [4.69, 9.17) is 14.2 Å². The van der Waals surface area contributed by atoms with E-state index in [2.05, 4.69) is 81.5 Å². The summed E-state index contributed by atoms with van der Waals surface area (Å²) in [4.78, 5) is 38.5. The van der Waals surface area contributed by atoms with Gasteiger partial charge in [0.25, 0.3) is 0 Å². The molecule has 0 saturated carbocycles. The molecule has 6 nitrogen and oxygen atoms in total. The van der Waals surface area contributed by atoms with Crippen molar-refractivity contribution in [2.75, 3.05) is 13.2 Å². The van der Waals surface area contributed by atoms with E-state index in [0.717, 1.165) is 89.9 Å². The Morgan fingerprint density at radius 2 is 0.434 bits per heavy atom.